The maximum Gasteiger partial charge on any atom is 0.255 e. The molecule has 1 saturated carbocycles. The number of pyridine rings is 1. The van der Waals surface area contributed by atoms with Crippen molar-refractivity contribution in [3.63, 3.8) is 0 Å². The second kappa shape index (κ2) is 13.1. The van der Waals surface area contributed by atoms with E-state index in [0.29, 0.717) is 60.7 Å². The van der Waals surface area contributed by atoms with Crippen LogP contribution in [0.3, 0.4) is 0 Å². The zero-order valence-electron chi connectivity index (χ0n) is 23.3. The molecule has 0 radical (unpaired) electrons. The third-order valence-corrected chi connectivity index (χ3v) is 8.21. The van der Waals surface area contributed by atoms with Crippen molar-refractivity contribution in [2.75, 3.05) is 20.2 Å². The number of halogens is 1. The summed E-state index contributed by atoms with van der Waals surface area (Å²) in [6.45, 7) is 0.999. The van der Waals surface area contributed by atoms with Gasteiger partial charge in [-0.15, -0.1) is 0 Å². The minimum atomic E-state index is -0.287. The predicted octanol–water partition coefficient (Wildman–Crippen LogP) is 6.18. The number of Topliss-reactive ketones (excluding diaryl/α,β-unsaturated/α-hetero) is 2. The van der Waals surface area contributed by atoms with E-state index in [4.69, 9.17) is 9.47 Å². The van der Waals surface area contributed by atoms with E-state index in [1.807, 2.05) is 0 Å². The first-order chi connectivity index (χ1) is 19.9. The van der Waals surface area contributed by atoms with Gasteiger partial charge in [0, 0.05) is 37.2 Å². The Labute approximate surface area is 239 Å². The molecule has 2 fully saturated rings. The van der Waals surface area contributed by atoms with E-state index in [9.17, 15) is 18.8 Å². The molecule has 1 aromatic heterocycles. The molecule has 1 saturated heterocycles. The van der Waals surface area contributed by atoms with Gasteiger partial charge in [-0.25, -0.2) is 4.39 Å². The molecule has 41 heavy (non-hydrogen) atoms. The van der Waals surface area contributed by atoms with Crippen molar-refractivity contribution in [3.05, 3.63) is 89.5 Å². The molecule has 0 atom stereocenters. The van der Waals surface area contributed by atoms with Crippen molar-refractivity contribution in [3.8, 4) is 11.5 Å². The number of methoxy groups -OCH3 is 1. The number of ketones is 2. The predicted molar refractivity (Wildman–Crippen MR) is 152 cm³/mol. The van der Waals surface area contributed by atoms with Gasteiger partial charge >= 0.3 is 0 Å². The van der Waals surface area contributed by atoms with Crippen molar-refractivity contribution in [2.45, 2.75) is 51.0 Å². The number of hydrogen-bond donors (Lipinski definition) is 0. The van der Waals surface area contributed by atoms with Crippen LogP contribution in [0.25, 0.3) is 0 Å². The first kappa shape index (κ1) is 28.5. The molecule has 0 unspecified atom stereocenters. The van der Waals surface area contributed by atoms with Gasteiger partial charge in [-0.1, -0.05) is 0 Å². The molecule has 3 aromatic rings. The van der Waals surface area contributed by atoms with Crippen LogP contribution in [0.2, 0.25) is 0 Å². The highest BCUT2D eigenvalue weighted by Crippen LogP contribution is 2.31. The van der Waals surface area contributed by atoms with Gasteiger partial charge in [0.25, 0.3) is 5.91 Å². The summed E-state index contributed by atoms with van der Waals surface area (Å²) < 4.78 is 24.2. The van der Waals surface area contributed by atoms with Gasteiger partial charge in [0.2, 0.25) is 0 Å². The van der Waals surface area contributed by atoms with E-state index in [2.05, 4.69) is 4.98 Å². The Kier molecular flexibility index (Phi) is 9.07. The average molecular weight is 559 g/mol. The Hall–Kier alpha value is -4.07. The molecule has 2 aromatic carbocycles. The second-order valence-corrected chi connectivity index (χ2v) is 10.9. The maximum absolute atomic E-state index is 13.1. The van der Waals surface area contributed by atoms with E-state index in [1.165, 1.54) is 18.3 Å². The molecule has 1 aliphatic heterocycles. The normalized spacial score (nSPS) is 19.4. The first-order valence-electron chi connectivity index (χ1n) is 14.3. The van der Waals surface area contributed by atoms with E-state index in [0.717, 1.165) is 25.7 Å². The Morgan fingerprint density at radius 3 is 2.07 bits per heavy atom. The zero-order valence-corrected chi connectivity index (χ0v) is 23.3. The molecule has 8 heteroatoms. The van der Waals surface area contributed by atoms with Crippen molar-refractivity contribution >= 4 is 17.5 Å². The minimum absolute atomic E-state index is 0.0234. The number of benzene rings is 2. The van der Waals surface area contributed by atoms with Crippen LogP contribution in [0.1, 0.15) is 76.2 Å². The third-order valence-electron chi connectivity index (χ3n) is 8.21. The molecule has 0 bridgehead atoms. The molecular formula is C33H35FN2O5. The van der Waals surface area contributed by atoms with E-state index in [-0.39, 0.29) is 41.2 Å². The number of rotatable bonds is 9. The highest BCUT2D eigenvalue weighted by Gasteiger charge is 2.29. The lowest BCUT2D eigenvalue weighted by Gasteiger charge is -2.31. The molecular weight excluding hydrogens is 523 g/mol. The molecule has 1 amide bonds. The van der Waals surface area contributed by atoms with Crippen LogP contribution >= 0.6 is 0 Å². The molecule has 2 aliphatic rings. The van der Waals surface area contributed by atoms with Crippen LogP contribution < -0.4 is 9.47 Å². The SMILES string of the molecule is COc1ccc(C(=O)C2CCN(C(=O)c3ccc(C(=O)CC4CCC(Oc5ccc(F)cc5)CC4)nc3)CC2)cc1. The minimum Gasteiger partial charge on any atom is -0.497 e. The van der Waals surface area contributed by atoms with Crippen molar-refractivity contribution < 1.29 is 28.2 Å². The quantitative estimate of drug-likeness (QED) is 0.292. The lowest BCUT2D eigenvalue weighted by atomic mass is 9.84. The van der Waals surface area contributed by atoms with Gasteiger partial charge in [0.1, 0.15) is 23.0 Å². The summed E-state index contributed by atoms with van der Waals surface area (Å²) in [7, 11) is 1.59. The molecule has 7 nitrogen and oxygen atoms in total. The number of hydrogen-bond acceptors (Lipinski definition) is 6. The highest BCUT2D eigenvalue weighted by atomic mass is 19.1. The van der Waals surface area contributed by atoms with E-state index >= 15 is 0 Å². The maximum atomic E-state index is 13.1. The highest BCUT2D eigenvalue weighted by molar-refractivity contribution is 5.99. The molecule has 2 heterocycles. The van der Waals surface area contributed by atoms with Crippen molar-refractivity contribution in [1.82, 2.24) is 9.88 Å². The summed E-state index contributed by atoms with van der Waals surface area (Å²) >= 11 is 0. The number of likely N-dealkylation sites (tertiary alicyclic amines) is 1. The smallest absolute Gasteiger partial charge is 0.255 e. The molecule has 5 rings (SSSR count). The third kappa shape index (κ3) is 7.17. The largest absolute Gasteiger partial charge is 0.497 e. The fourth-order valence-electron chi connectivity index (χ4n) is 5.73. The molecule has 214 valence electrons. The summed E-state index contributed by atoms with van der Waals surface area (Å²) in [5, 5.41) is 0. The van der Waals surface area contributed by atoms with Gasteiger partial charge in [0.15, 0.2) is 11.6 Å². The van der Waals surface area contributed by atoms with Crippen LogP contribution in [0.15, 0.2) is 66.9 Å². The van der Waals surface area contributed by atoms with Gasteiger partial charge < -0.3 is 14.4 Å². The van der Waals surface area contributed by atoms with Crippen LogP contribution in [0.5, 0.6) is 11.5 Å². The van der Waals surface area contributed by atoms with E-state index in [1.54, 1.807) is 60.5 Å². The zero-order chi connectivity index (χ0) is 28.8. The standard InChI is InChI=1S/C33H35FN2O5/c1-40-27-11-4-23(5-12-27)32(38)24-16-18-36(19-17-24)33(39)25-6-15-30(35-21-25)31(37)20-22-2-9-28(10-3-22)41-29-13-7-26(34)8-14-29/h4-8,11-15,21-22,24,28H,2-3,9-10,16-20H2,1H3. The summed E-state index contributed by atoms with van der Waals surface area (Å²) in [5.74, 6) is 1.17. The fraction of sp³-hybridized carbons (Fsp3) is 0.394. The van der Waals surface area contributed by atoms with Crippen LogP contribution in [0, 0.1) is 17.7 Å². The monoisotopic (exact) mass is 558 g/mol. The molecule has 0 N–H and O–H groups in total. The Balaban J connectivity index is 1.07. The number of carbonyl (C=O) groups excluding carboxylic acids is 3. The number of carbonyl (C=O) groups is 3. The second-order valence-electron chi connectivity index (χ2n) is 10.9. The number of piperidine rings is 1. The van der Waals surface area contributed by atoms with Crippen LogP contribution in [0.4, 0.5) is 4.39 Å². The Morgan fingerprint density at radius 1 is 0.829 bits per heavy atom. The summed E-state index contributed by atoms with van der Waals surface area (Å²) in [6, 6.07) is 16.5. The summed E-state index contributed by atoms with van der Waals surface area (Å²) in [4.78, 5) is 44.9. The Morgan fingerprint density at radius 2 is 1.46 bits per heavy atom. The molecule has 1 aliphatic carbocycles. The Bertz CT molecular complexity index is 1340. The van der Waals surface area contributed by atoms with Gasteiger partial charge in [-0.3, -0.25) is 19.4 Å². The topological polar surface area (TPSA) is 85.8 Å². The number of amides is 1. The van der Waals surface area contributed by atoms with E-state index < -0.39 is 0 Å². The number of aromatic nitrogens is 1. The molecule has 0 spiro atoms. The van der Waals surface area contributed by atoms with Crippen molar-refractivity contribution in [1.29, 1.82) is 0 Å². The number of ether oxygens (including phenoxy) is 2. The van der Waals surface area contributed by atoms with Crippen LogP contribution in [-0.4, -0.2) is 53.7 Å². The van der Waals surface area contributed by atoms with Gasteiger partial charge in [-0.05, 0) is 105 Å². The first-order valence-corrected chi connectivity index (χ1v) is 14.3. The summed E-state index contributed by atoms with van der Waals surface area (Å²) in [6.07, 6.45) is 6.64. The lowest BCUT2D eigenvalue weighted by molar-refractivity contribution is 0.0649. The summed E-state index contributed by atoms with van der Waals surface area (Å²) in [5.41, 5.74) is 1.47. The van der Waals surface area contributed by atoms with Gasteiger partial charge in [-0.2, -0.15) is 0 Å². The number of nitrogens with zero attached hydrogens (tertiary/aromatic N) is 2. The van der Waals surface area contributed by atoms with Crippen molar-refractivity contribution in [2.24, 2.45) is 11.8 Å². The van der Waals surface area contributed by atoms with Crippen LogP contribution in [-0.2, 0) is 0 Å². The van der Waals surface area contributed by atoms with Gasteiger partial charge in [0.05, 0.1) is 18.8 Å². The average Bonchev–Trinajstić information content (AvgIpc) is 3.02. The fourth-order valence-corrected chi connectivity index (χ4v) is 5.73. The lowest BCUT2D eigenvalue weighted by Crippen LogP contribution is -2.40.